The van der Waals surface area contributed by atoms with Crippen LogP contribution in [-0.4, -0.2) is 31.8 Å². The molecule has 1 saturated heterocycles. The molecule has 5 nitrogen and oxygen atoms in total. The molecule has 0 unspecified atom stereocenters. The van der Waals surface area contributed by atoms with E-state index in [4.69, 9.17) is 5.11 Å². The largest absolute Gasteiger partial charge is 0.481 e. The van der Waals surface area contributed by atoms with Crippen LogP contribution in [-0.2, 0) is 14.8 Å². The molecule has 1 aromatic rings. The van der Waals surface area contributed by atoms with E-state index in [-0.39, 0.29) is 12.2 Å². The molecule has 1 N–H and O–H groups in total. The van der Waals surface area contributed by atoms with Gasteiger partial charge < -0.3 is 5.11 Å². The lowest BCUT2D eigenvalue weighted by atomic mass is 10.2. The number of carboxylic acids is 1. The molecule has 0 aromatic heterocycles. The summed E-state index contributed by atoms with van der Waals surface area (Å²) in [6, 6.07) is 6.82. The number of hydrogen-bond donors (Lipinski definition) is 1. The monoisotopic (exact) mass is 279 g/mol. The highest BCUT2D eigenvalue weighted by atomic mass is 32.2. The van der Waals surface area contributed by atoms with Crippen LogP contribution in [0.15, 0.2) is 24.3 Å². The number of sulfonamides is 1. The molecule has 1 aliphatic rings. The molecule has 100 valence electrons. The molecule has 19 heavy (non-hydrogen) atoms. The predicted octanol–water partition coefficient (Wildman–Crippen LogP) is 1.05. The maximum Gasteiger partial charge on any atom is 0.315 e. The summed E-state index contributed by atoms with van der Waals surface area (Å²) in [5.74, 6) is 4.42. The van der Waals surface area contributed by atoms with Gasteiger partial charge in [0.1, 0.15) is 6.42 Å². The summed E-state index contributed by atoms with van der Waals surface area (Å²) in [7, 11) is -3.20. The second kappa shape index (κ2) is 5.33. The predicted molar refractivity (Wildman–Crippen MR) is 71.3 cm³/mol. The van der Waals surface area contributed by atoms with Crippen LogP contribution in [0.25, 0.3) is 0 Å². The zero-order valence-corrected chi connectivity index (χ0v) is 11.0. The van der Waals surface area contributed by atoms with Gasteiger partial charge >= 0.3 is 5.97 Å². The zero-order chi connectivity index (χ0) is 13.9. The fraction of sp³-hybridized carbons (Fsp3) is 0.308. The van der Waals surface area contributed by atoms with Crippen molar-refractivity contribution < 1.29 is 18.3 Å². The molecule has 0 spiro atoms. The minimum atomic E-state index is -3.20. The van der Waals surface area contributed by atoms with E-state index in [2.05, 4.69) is 11.8 Å². The molecule has 1 heterocycles. The Morgan fingerprint density at radius 2 is 2.21 bits per heavy atom. The van der Waals surface area contributed by atoms with Crippen LogP contribution in [0, 0.1) is 11.8 Å². The highest BCUT2D eigenvalue weighted by Crippen LogP contribution is 2.24. The number of rotatable bonds is 2. The van der Waals surface area contributed by atoms with Gasteiger partial charge in [-0.15, -0.1) is 0 Å². The third kappa shape index (κ3) is 3.26. The Balaban J connectivity index is 2.24. The number of nitrogens with zero attached hydrogens (tertiary/aromatic N) is 1. The Morgan fingerprint density at radius 1 is 1.42 bits per heavy atom. The highest BCUT2D eigenvalue weighted by Gasteiger charge is 2.28. The van der Waals surface area contributed by atoms with E-state index in [0.29, 0.717) is 24.2 Å². The molecule has 0 bridgehead atoms. The van der Waals surface area contributed by atoms with Gasteiger partial charge in [-0.25, -0.2) is 8.42 Å². The summed E-state index contributed by atoms with van der Waals surface area (Å²) in [5.41, 5.74) is 1.19. The standard InChI is InChI=1S/C13H13NO4S/c15-13(16)7-2-5-11-4-1-6-12(10-11)14-8-3-9-19(14,17)18/h1,4,6,10H,3,7-9H2,(H,15,16). The molecule has 0 atom stereocenters. The smallest absolute Gasteiger partial charge is 0.315 e. The van der Waals surface area contributed by atoms with E-state index in [1.54, 1.807) is 24.3 Å². The number of hydrogen-bond acceptors (Lipinski definition) is 3. The molecule has 2 rings (SSSR count). The second-order valence-corrected chi connectivity index (χ2v) is 6.18. The zero-order valence-electron chi connectivity index (χ0n) is 10.2. The third-order valence-electron chi connectivity index (χ3n) is 2.71. The van der Waals surface area contributed by atoms with Crippen LogP contribution >= 0.6 is 0 Å². The van der Waals surface area contributed by atoms with E-state index in [1.807, 2.05) is 0 Å². The average molecular weight is 279 g/mol. The third-order valence-corrected chi connectivity index (χ3v) is 4.58. The van der Waals surface area contributed by atoms with E-state index in [1.165, 1.54) is 4.31 Å². The minimum absolute atomic E-state index is 0.169. The Bertz CT molecular complexity index is 655. The molecule has 1 aliphatic heterocycles. The lowest BCUT2D eigenvalue weighted by Crippen LogP contribution is -2.24. The van der Waals surface area contributed by atoms with Crippen molar-refractivity contribution in [3.63, 3.8) is 0 Å². The van der Waals surface area contributed by atoms with Gasteiger partial charge in [0.15, 0.2) is 0 Å². The molecule has 6 heteroatoms. The SMILES string of the molecule is O=C(O)CC#Cc1cccc(N2CCCS2(=O)=O)c1. The fourth-order valence-electron chi connectivity index (χ4n) is 1.89. The van der Waals surface area contributed by atoms with Crippen LogP contribution in [0.3, 0.4) is 0 Å². The van der Waals surface area contributed by atoms with Crippen LogP contribution in [0.5, 0.6) is 0 Å². The van der Waals surface area contributed by atoms with Crippen molar-refractivity contribution in [2.75, 3.05) is 16.6 Å². The Morgan fingerprint density at radius 3 is 2.84 bits per heavy atom. The summed E-state index contributed by atoms with van der Waals surface area (Å²) >= 11 is 0. The van der Waals surface area contributed by atoms with Gasteiger partial charge in [-0.05, 0) is 24.6 Å². The molecule has 0 aliphatic carbocycles. The average Bonchev–Trinajstić information content (AvgIpc) is 2.69. The minimum Gasteiger partial charge on any atom is -0.481 e. The summed E-state index contributed by atoms with van der Waals surface area (Å²) in [6.07, 6.45) is 0.392. The number of benzene rings is 1. The lowest BCUT2D eigenvalue weighted by Gasteiger charge is -2.16. The Hall–Kier alpha value is -2.00. The quantitative estimate of drug-likeness (QED) is 0.821. The number of carboxylic acid groups (broad SMARTS) is 1. The molecule has 1 fully saturated rings. The summed E-state index contributed by atoms with van der Waals surface area (Å²) in [5, 5.41) is 8.50. The van der Waals surface area contributed by atoms with Crippen molar-refractivity contribution >= 4 is 21.7 Å². The van der Waals surface area contributed by atoms with Crippen LogP contribution < -0.4 is 4.31 Å². The molecule has 0 amide bonds. The fourth-order valence-corrected chi connectivity index (χ4v) is 3.45. The van der Waals surface area contributed by atoms with Gasteiger partial charge in [0, 0.05) is 12.1 Å². The first-order valence-electron chi connectivity index (χ1n) is 5.80. The first kappa shape index (κ1) is 13.4. The second-order valence-electron chi connectivity index (χ2n) is 4.16. The van der Waals surface area contributed by atoms with Gasteiger partial charge in [-0.1, -0.05) is 17.9 Å². The van der Waals surface area contributed by atoms with E-state index in [9.17, 15) is 13.2 Å². The van der Waals surface area contributed by atoms with E-state index >= 15 is 0 Å². The maximum absolute atomic E-state index is 11.8. The maximum atomic E-state index is 11.8. The van der Waals surface area contributed by atoms with E-state index < -0.39 is 16.0 Å². The molecule has 0 radical (unpaired) electrons. The van der Waals surface area contributed by atoms with E-state index in [0.717, 1.165) is 0 Å². The van der Waals surface area contributed by atoms with Gasteiger partial charge in [-0.2, -0.15) is 0 Å². The number of aliphatic carboxylic acids is 1. The summed E-state index contributed by atoms with van der Waals surface area (Å²) in [6.45, 7) is 0.480. The first-order chi connectivity index (χ1) is 8.99. The summed E-state index contributed by atoms with van der Waals surface area (Å²) in [4.78, 5) is 10.4. The normalized spacial score (nSPS) is 16.7. The Kier molecular flexibility index (Phi) is 3.76. The summed E-state index contributed by atoms with van der Waals surface area (Å²) < 4.78 is 24.9. The van der Waals surface area contributed by atoms with Crippen molar-refractivity contribution in [2.24, 2.45) is 0 Å². The van der Waals surface area contributed by atoms with Gasteiger partial charge in [0.2, 0.25) is 10.0 Å². The van der Waals surface area contributed by atoms with Crippen molar-refractivity contribution in [3.8, 4) is 11.8 Å². The van der Waals surface area contributed by atoms with Crippen LogP contribution in [0.2, 0.25) is 0 Å². The number of carbonyl (C=O) groups is 1. The number of anilines is 1. The molecule has 1 aromatic carbocycles. The van der Waals surface area contributed by atoms with Crippen molar-refractivity contribution in [1.82, 2.24) is 0 Å². The first-order valence-corrected chi connectivity index (χ1v) is 7.41. The molecular formula is C13H13NO4S. The molecule has 0 saturated carbocycles. The van der Waals surface area contributed by atoms with Gasteiger partial charge in [-0.3, -0.25) is 9.10 Å². The van der Waals surface area contributed by atoms with Crippen LogP contribution in [0.4, 0.5) is 5.69 Å². The van der Waals surface area contributed by atoms with Crippen molar-refractivity contribution in [2.45, 2.75) is 12.8 Å². The van der Waals surface area contributed by atoms with Crippen molar-refractivity contribution in [3.05, 3.63) is 29.8 Å². The topological polar surface area (TPSA) is 74.7 Å². The van der Waals surface area contributed by atoms with Crippen molar-refractivity contribution in [1.29, 1.82) is 0 Å². The van der Waals surface area contributed by atoms with Gasteiger partial charge in [0.25, 0.3) is 0 Å². The highest BCUT2D eigenvalue weighted by molar-refractivity contribution is 7.93. The Labute approximate surface area is 111 Å². The lowest BCUT2D eigenvalue weighted by molar-refractivity contribution is -0.135. The molecular weight excluding hydrogens is 266 g/mol. The van der Waals surface area contributed by atoms with Crippen LogP contribution in [0.1, 0.15) is 18.4 Å². The van der Waals surface area contributed by atoms with Gasteiger partial charge in [0.05, 0.1) is 11.4 Å².